The molecule has 0 N–H and O–H groups in total. The molecular formula is C24H27FN2O3. The lowest BCUT2D eigenvalue weighted by atomic mass is 9.91. The number of benzene rings is 2. The molecule has 1 heterocycles. The van der Waals surface area contributed by atoms with Crippen LogP contribution in [0.2, 0.25) is 0 Å². The Bertz CT molecular complexity index is 946. The molecule has 1 atom stereocenters. The van der Waals surface area contributed by atoms with Crippen molar-refractivity contribution in [3.8, 4) is 0 Å². The smallest absolute Gasteiger partial charge is 0.257 e. The van der Waals surface area contributed by atoms with E-state index in [-0.39, 0.29) is 42.4 Å². The highest BCUT2D eigenvalue weighted by Gasteiger charge is 2.44. The first kappa shape index (κ1) is 21.7. The van der Waals surface area contributed by atoms with E-state index < -0.39 is 11.9 Å². The van der Waals surface area contributed by atoms with Gasteiger partial charge in [0, 0.05) is 13.0 Å². The Morgan fingerprint density at radius 2 is 1.67 bits per heavy atom. The predicted octanol–water partition coefficient (Wildman–Crippen LogP) is 4.23. The molecule has 3 rings (SSSR count). The largest absolute Gasteiger partial charge is 0.326 e. The quantitative estimate of drug-likeness (QED) is 0.693. The van der Waals surface area contributed by atoms with Gasteiger partial charge in [0.15, 0.2) is 0 Å². The van der Waals surface area contributed by atoms with E-state index in [0.717, 1.165) is 10.5 Å². The van der Waals surface area contributed by atoms with Gasteiger partial charge in [0.2, 0.25) is 11.8 Å². The third kappa shape index (κ3) is 4.93. The Kier molecular flexibility index (Phi) is 6.06. The van der Waals surface area contributed by atoms with Crippen LogP contribution in [0.25, 0.3) is 0 Å². The van der Waals surface area contributed by atoms with Gasteiger partial charge in [-0.15, -0.1) is 0 Å². The molecule has 6 heteroatoms. The van der Waals surface area contributed by atoms with Crippen molar-refractivity contribution in [1.29, 1.82) is 0 Å². The number of hydrogen-bond acceptors (Lipinski definition) is 3. The number of carbonyl (C=O) groups excluding carboxylic acids is 3. The molecule has 2 aromatic carbocycles. The number of carbonyl (C=O) groups is 3. The molecule has 0 aromatic heterocycles. The normalized spacial score (nSPS) is 16.8. The van der Waals surface area contributed by atoms with Crippen molar-refractivity contribution in [1.82, 2.24) is 4.90 Å². The number of aryl methyl sites for hydroxylation is 1. The number of amides is 3. The van der Waals surface area contributed by atoms with Crippen LogP contribution in [0, 0.1) is 18.2 Å². The van der Waals surface area contributed by atoms with E-state index in [9.17, 15) is 18.8 Å². The van der Waals surface area contributed by atoms with Gasteiger partial charge >= 0.3 is 0 Å². The molecule has 158 valence electrons. The van der Waals surface area contributed by atoms with Crippen LogP contribution in [-0.4, -0.2) is 28.7 Å². The average molecular weight is 410 g/mol. The van der Waals surface area contributed by atoms with Gasteiger partial charge in [-0.25, -0.2) is 9.29 Å². The SMILES string of the molecule is Cc1ccc(N2C(=O)CC(N(Cc3ccc(F)cc3)C(=O)CC(C)(C)C)C2=O)cc1. The first-order valence-corrected chi connectivity index (χ1v) is 10.0. The molecule has 1 aliphatic heterocycles. The van der Waals surface area contributed by atoms with Crippen LogP contribution in [0.3, 0.4) is 0 Å². The molecule has 2 aromatic rings. The number of rotatable bonds is 5. The maximum atomic E-state index is 13.3. The van der Waals surface area contributed by atoms with Crippen LogP contribution in [-0.2, 0) is 20.9 Å². The minimum Gasteiger partial charge on any atom is -0.326 e. The fraction of sp³-hybridized carbons (Fsp3) is 0.375. The Morgan fingerprint density at radius 1 is 1.07 bits per heavy atom. The summed E-state index contributed by atoms with van der Waals surface area (Å²) in [5.41, 5.74) is 1.95. The van der Waals surface area contributed by atoms with Crippen LogP contribution in [0.5, 0.6) is 0 Å². The Morgan fingerprint density at radius 3 is 2.23 bits per heavy atom. The van der Waals surface area contributed by atoms with E-state index in [2.05, 4.69) is 0 Å². The molecule has 0 aliphatic carbocycles. The zero-order valence-corrected chi connectivity index (χ0v) is 17.8. The summed E-state index contributed by atoms with van der Waals surface area (Å²) in [4.78, 5) is 41.7. The van der Waals surface area contributed by atoms with Crippen molar-refractivity contribution in [2.75, 3.05) is 4.90 Å². The van der Waals surface area contributed by atoms with Gasteiger partial charge in [-0.05, 0) is 42.2 Å². The number of anilines is 1. The summed E-state index contributed by atoms with van der Waals surface area (Å²) in [5, 5.41) is 0. The number of imide groups is 1. The Balaban J connectivity index is 1.90. The first-order valence-electron chi connectivity index (χ1n) is 10.0. The van der Waals surface area contributed by atoms with E-state index in [4.69, 9.17) is 0 Å². The van der Waals surface area contributed by atoms with Crippen molar-refractivity contribution >= 4 is 23.4 Å². The van der Waals surface area contributed by atoms with Gasteiger partial charge in [-0.1, -0.05) is 50.6 Å². The second kappa shape index (κ2) is 8.38. The molecular weight excluding hydrogens is 383 g/mol. The summed E-state index contributed by atoms with van der Waals surface area (Å²) in [6.07, 6.45) is 0.167. The van der Waals surface area contributed by atoms with Crippen molar-refractivity contribution in [2.24, 2.45) is 5.41 Å². The fourth-order valence-corrected chi connectivity index (χ4v) is 3.54. The summed E-state index contributed by atoms with van der Waals surface area (Å²) in [6, 6.07) is 12.1. The van der Waals surface area contributed by atoms with Crippen LogP contribution < -0.4 is 4.90 Å². The summed E-state index contributed by atoms with van der Waals surface area (Å²) >= 11 is 0. The standard InChI is InChI=1S/C24H27FN2O3/c1-16-5-11-19(12-6-16)27-21(28)13-20(23(27)30)26(22(29)14-24(2,3)4)15-17-7-9-18(25)10-8-17/h5-12,20H,13-15H2,1-4H3. The van der Waals surface area contributed by atoms with E-state index in [0.29, 0.717) is 11.3 Å². The molecule has 1 unspecified atom stereocenters. The summed E-state index contributed by atoms with van der Waals surface area (Å²) in [5.74, 6) is -1.32. The van der Waals surface area contributed by atoms with Gasteiger partial charge < -0.3 is 4.90 Å². The van der Waals surface area contributed by atoms with Gasteiger partial charge in [0.05, 0.1) is 12.1 Å². The van der Waals surface area contributed by atoms with Gasteiger partial charge in [0.25, 0.3) is 5.91 Å². The fourth-order valence-electron chi connectivity index (χ4n) is 3.54. The number of halogens is 1. The maximum absolute atomic E-state index is 13.3. The lowest BCUT2D eigenvalue weighted by molar-refractivity contribution is -0.140. The molecule has 5 nitrogen and oxygen atoms in total. The molecule has 0 bridgehead atoms. The highest BCUT2D eigenvalue weighted by atomic mass is 19.1. The molecule has 1 fully saturated rings. The Labute approximate surface area is 176 Å². The zero-order valence-electron chi connectivity index (χ0n) is 17.8. The molecule has 0 saturated carbocycles. The summed E-state index contributed by atoms with van der Waals surface area (Å²) in [6.45, 7) is 7.90. The van der Waals surface area contributed by atoms with E-state index in [1.54, 1.807) is 24.3 Å². The maximum Gasteiger partial charge on any atom is 0.257 e. The van der Waals surface area contributed by atoms with Gasteiger partial charge in [-0.3, -0.25) is 14.4 Å². The van der Waals surface area contributed by atoms with Crippen LogP contribution in [0.1, 0.15) is 44.7 Å². The third-order valence-electron chi connectivity index (χ3n) is 5.06. The minimum atomic E-state index is -0.876. The molecule has 1 saturated heterocycles. The lowest BCUT2D eigenvalue weighted by Crippen LogP contribution is -2.46. The predicted molar refractivity (Wildman–Crippen MR) is 113 cm³/mol. The third-order valence-corrected chi connectivity index (χ3v) is 5.06. The van der Waals surface area contributed by atoms with Crippen LogP contribution in [0.4, 0.5) is 10.1 Å². The minimum absolute atomic E-state index is 0.0657. The molecule has 0 spiro atoms. The molecule has 1 aliphatic rings. The summed E-state index contributed by atoms with van der Waals surface area (Å²) < 4.78 is 13.3. The van der Waals surface area contributed by atoms with Crippen molar-refractivity contribution in [3.05, 3.63) is 65.5 Å². The monoisotopic (exact) mass is 410 g/mol. The van der Waals surface area contributed by atoms with E-state index >= 15 is 0 Å². The lowest BCUT2D eigenvalue weighted by Gasteiger charge is -2.30. The average Bonchev–Trinajstić information content (AvgIpc) is 2.94. The molecule has 3 amide bonds. The number of nitrogens with zero attached hydrogens (tertiary/aromatic N) is 2. The second-order valence-electron chi connectivity index (χ2n) is 9.01. The van der Waals surface area contributed by atoms with Crippen molar-refractivity contribution in [2.45, 2.75) is 53.1 Å². The first-order chi connectivity index (χ1) is 14.0. The van der Waals surface area contributed by atoms with Gasteiger partial charge in [-0.2, -0.15) is 0 Å². The van der Waals surface area contributed by atoms with Gasteiger partial charge in [0.1, 0.15) is 11.9 Å². The number of hydrogen-bond donors (Lipinski definition) is 0. The zero-order chi connectivity index (χ0) is 22.1. The summed E-state index contributed by atoms with van der Waals surface area (Å²) in [7, 11) is 0. The second-order valence-corrected chi connectivity index (χ2v) is 9.01. The van der Waals surface area contributed by atoms with E-state index in [1.807, 2.05) is 39.8 Å². The topological polar surface area (TPSA) is 57.7 Å². The van der Waals surface area contributed by atoms with Crippen molar-refractivity contribution < 1.29 is 18.8 Å². The van der Waals surface area contributed by atoms with Crippen LogP contribution in [0.15, 0.2) is 48.5 Å². The van der Waals surface area contributed by atoms with E-state index in [1.165, 1.54) is 17.0 Å². The highest BCUT2D eigenvalue weighted by molar-refractivity contribution is 6.23. The molecule has 0 radical (unpaired) electrons. The van der Waals surface area contributed by atoms with Crippen molar-refractivity contribution in [3.63, 3.8) is 0 Å². The highest BCUT2D eigenvalue weighted by Crippen LogP contribution is 2.29. The molecule has 30 heavy (non-hydrogen) atoms. The van der Waals surface area contributed by atoms with Crippen LogP contribution >= 0.6 is 0 Å². The Hall–Kier alpha value is -3.02.